The maximum Gasteiger partial charge on any atom is 0.240 e. The molecule has 6 fully saturated rings. The van der Waals surface area contributed by atoms with Crippen LogP contribution in [0.1, 0.15) is 120 Å². The van der Waals surface area contributed by atoms with Crippen LogP contribution in [0.25, 0.3) is 0 Å². The SMILES string of the molecule is C=C[C@@H]1C[C@]1(CC(=O)[C@@H]1C[C@@]2(CN1C(=O)[C@@H](CC(=O)C[C@H](CN1CCN(C)CC1)C(C)(C)C)C(C)(C)C)C(C)(C)C21CCC1)C(=O)NS(=O)(=O)C1CC1. The van der Waals surface area contributed by atoms with Crippen molar-refractivity contribution in [2.75, 3.05) is 46.3 Å². The average Bonchev–Trinajstić information content (AvgIpc) is 3.97. The van der Waals surface area contributed by atoms with Crippen LogP contribution in [-0.4, -0.2) is 104 Å². The normalized spacial score (nSPS) is 32.2. The number of likely N-dealkylation sites (N-methyl/N-ethyl adjacent to an activating group) is 1. The summed E-state index contributed by atoms with van der Waals surface area (Å²) >= 11 is 0. The van der Waals surface area contributed by atoms with Gasteiger partial charge in [-0.15, -0.1) is 6.58 Å². The van der Waals surface area contributed by atoms with E-state index in [9.17, 15) is 22.8 Å². The smallest absolute Gasteiger partial charge is 0.240 e. The Morgan fingerprint density at radius 3 is 2.00 bits per heavy atom. The second-order valence-corrected chi connectivity index (χ2v) is 22.8. The second-order valence-electron chi connectivity index (χ2n) is 20.9. The van der Waals surface area contributed by atoms with Gasteiger partial charge in [0.05, 0.1) is 16.7 Å². The van der Waals surface area contributed by atoms with E-state index in [0.29, 0.717) is 38.6 Å². The first-order valence-corrected chi connectivity index (χ1v) is 21.9. The van der Waals surface area contributed by atoms with Gasteiger partial charge in [-0.05, 0) is 79.1 Å². The first-order valence-electron chi connectivity index (χ1n) is 20.4. The third-order valence-corrected chi connectivity index (χ3v) is 17.4. The predicted molar refractivity (Wildman–Crippen MR) is 207 cm³/mol. The highest BCUT2D eigenvalue weighted by atomic mass is 32.2. The maximum atomic E-state index is 15.1. The van der Waals surface area contributed by atoms with E-state index in [2.05, 4.69) is 62.8 Å². The molecule has 2 saturated heterocycles. The van der Waals surface area contributed by atoms with Gasteiger partial charge >= 0.3 is 0 Å². The molecule has 6 atom stereocenters. The number of hydrogen-bond acceptors (Lipinski definition) is 8. The van der Waals surface area contributed by atoms with Crippen molar-refractivity contribution in [1.82, 2.24) is 19.4 Å². The number of likely N-dealkylation sites (tertiary alicyclic amines) is 1. The molecule has 53 heavy (non-hydrogen) atoms. The fourth-order valence-corrected chi connectivity index (χ4v) is 12.3. The van der Waals surface area contributed by atoms with Crippen molar-refractivity contribution < 1.29 is 27.6 Å². The Hall–Kier alpha value is -2.11. The molecule has 298 valence electrons. The molecule has 2 amide bonds. The summed E-state index contributed by atoms with van der Waals surface area (Å²) in [6.07, 6.45) is 7.31. The largest absolute Gasteiger partial charge is 0.332 e. The van der Waals surface area contributed by atoms with E-state index in [1.54, 1.807) is 6.08 Å². The number of fused-ring (bicyclic) bond motifs is 1. The molecule has 6 aliphatic rings. The molecule has 0 unspecified atom stereocenters. The standard InChI is InChI=1S/C42H68N4O6S/c1-11-28-23-40(28,36(50)43-53(51,52)31-13-14-31)25-34(48)33-24-42(39(8,9)41(42)15-12-16-41)27-46(33)35(49)32(38(5,6)7)22-30(47)21-29(37(2,3)4)26-45-19-17-44(10)18-20-45/h11,28-29,31-33H,1,12-27H2,2-10H3,(H,43,50)/t28-,29-,32-,33+,40-,42-/m1/s1. The van der Waals surface area contributed by atoms with Gasteiger partial charge in [0.25, 0.3) is 0 Å². The molecule has 0 aromatic carbocycles. The lowest BCUT2D eigenvalue weighted by atomic mass is 9.73. The third-order valence-electron chi connectivity index (χ3n) is 15.6. The van der Waals surface area contributed by atoms with Crippen molar-refractivity contribution in [3.05, 3.63) is 12.7 Å². The van der Waals surface area contributed by atoms with Gasteiger partial charge in [0, 0.05) is 69.9 Å². The van der Waals surface area contributed by atoms with Crippen LogP contribution in [0, 0.1) is 50.2 Å². The van der Waals surface area contributed by atoms with Crippen LogP contribution < -0.4 is 4.72 Å². The molecule has 2 spiro atoms. The number of sulfonamides is 1. The Bertz CT molecular complexity index is 1610. The van der Waals surface area contributed by atoms with Gasteiger partial charge in [0.2, 0.25) is 21.8 Å². The van der Waals surface area contributed by atoms with Crippen molar-refractivity contribution >= 4 is 33.4 Å². The van der Waals surface area contributed by atoms with Crippen LogP contribution in [0.15, 0.2) is 12.7 Å². The van der Waals surface area contributed by atoms with E-state index in [1.165, 1.54) is 0 Å². The number of allylic oxidation sites excluding steroid dienone is 1. The summed E-state index contributed by atoms with van der Waals surface area (Å²) in [5.41, 5.74) is -1.95. The second kappa shape index (κ2) is 13.5. The minimum atomic E-state index is -3.79. The van der Waals surface area contributed by atoms with Crippen molar-refractivity contribution in [1.29, 1.82) is 0 Å². The van der Waals surface area contributed by atoms with E-state index >= 15 is 4.79 Å². The topological polar surface area (TPSA) is 124 Å². The minimum Gasteiger partial charge on any atom is -0.332 e. The van der Waals surface area contributed by atoms with E-state index in [0.717, 1.165) is 52.0 Å². The summed E-state index contributed by atoms with van der Waals surface area (Å²) in [6, 6.07) is -0.725. The van der Waals surface area contributed by atoms with Crippen LogP contribution in [0.4, 0.5) is 0 Å². The molecule has 0 radical (unpaired) electrons. The van der Waals surface area contributed by atoms with Crippen LogP contribution in [0.5, 0.6) is 0 Å². The number of carbonyl (C=O) groups excluding carboxylic acids is 4. The average molecular weight is 757 g/mol. The number of piperazine rings is 1. The lowest BCUT2D eigenvalue weighted by Gasteiger charge is -2.39. The third kappa shape index (κ3) is 7.11. The van der Waals surface area contributed by atoms with Crippen molar-refractivity contribution in [2.24, 2.45) is 50.2 Å². The van der Waals surface area contributed by atoms with Crippen LogP contribution in [-0.2, 0) is 29.2 Å². The summed E-state index contributed by atoms with van der Waals surface area (Å²) in [5.74, 6) is -1.63. The lowest BCUT2D eigenvalue weighted by molar-refractivity contribution is -0.146. The van der Waals surface area contributed by atoms with Gasteiger partial charge in [-0.1, -0.05) is 67.9 Å². The van der Waals surface area contributed by atoms with Gasteiger partial charge in [0.15, 0.2) is 5.78 Å². The van der Waals surface area contributed by atoms with E-state index in [1.807, 2.05) is 25.7 Å². The summed E-state index contributed by atoms with van der Waals surface area (Å²) in [5, 5.41) is -0.554. The molecular weight excluding hydrogens is 689 g/mol. The van der Waals surface area contributed by atoms with Gasteiger partial charge in [-0.2, -0.15) is 0 Å². The zero-order chi connectivity index (χ0) is 39.2. The molecule has 0 aromatic rings. The number of amides is 2. The Labute approximate surface area is 319 Å². The minimum absolute atomic E-state index is 0.0430. The van der Waals surface area contributed by atoms with E-state index in [-0.39, 0.29) is 63.8 Å². The van der Waals surface area contributed by atoms with Gasteiger partial charge < -0.3 is 14.7 Å². The van der Waals surface area contributed by atoms with Crippen LogP contribution in [0.2, 0.25) is 0 Å². The Morgan fingerprint density at radius 1 is 0.906 bits per heavy atom. The monoisotopic (exact) mass is 756 g/mol. The van der Waals surface area contributed by atoms with Gasteiger partial charge in [-0.25, -0.2) is 8.42 Å². The number of Topliss-reactive ketones (excluding diaryl/α,β-unsaturated/α-hetero) is 2. The Balaban J connectivity index is 1.23. The summed E-state index contributed by atoms with van der Waals surface area (Å²) in [6.45, 7) is 26.4. The van der Waals surface area contributed by atoms with Gasteiger partial charge in [-0.3, -0.25) is 23.9 Å². The summed E-state index contributed by atoms with van der Waals surface area (Å²) < 4.78 is 27.9. The fourth-order valence-electron chi connectivity index (χ4n) is 11.0. The maximum absolute atomic E-state index is 15.1. The highest BCUT2D eigenvalue weighted by molar-refractivity contribution is 7.90. The van der Waals surface area contributed by atoms with Crippen molar-refractivity contribution in [2.45, 2.75) is 131 Å². The number of ketones is 2. The fraction of sp³-hybridized carbons (Fsp3) is 0.857. The van der Waals surface area contributed by atoms with Crippen LogP contribution in [0.3, 0.4) is 0 Å². The molecular formula is C42H68N4O6S. The number of nitrogens with zero attached hydrogens (tertiary/aromatic N) is 3. The molecule has 2 aliphatic heterocycles. The van der Waals surface area contributed by atoms with Crippen molar-refractivity contribution in [3.63, 3.8) is 0 Å². The van der Waals surface area contributed by atoms with E-state index < -0.39 is 44.0 Å². The Morgan fingerprint density at radius 2 is 1.53 bits per heavy atom. The quantitative estimate of drug-likeness (QED) is 0.232. The molecule has 0 bridgehead atoms. The molecule has 11 heteroatoms. The highest BCUT2D eigenvalue weighted by Gasteiger charge is 2.85. The van der Waals surface area contributed by atoms with Gasteiger partial charge in [0.1, 0.15) is 5.78 Å². The number of carbonyl (C=O) groups is 4. The Kier molecular flexibility index (Phi) is 10.3. The highest BCUT2D eigenvalue weighted by Crippen LogP contribution is 2.88. The number of nitrogens with one attached hydrogen (secondary N) is 1. The molecule has 2 heterocycles. The zero-order valence-corrected chi connectivity index (χ0v) is 35.0. The zero-order valence-electron chi connectivity index (χ0n) is 34.2. The lowest BCUT2D eigenvalue weighted by Crippen LogP contribution is -2.49. The van der Waals surface area contributed by atoms with E-state index in [4.69, 9.17) is 0 Å². The molecule has 10 nitrogen and oxygen atoms in total. The first-order chi connectivity index (χ1) is 24.4. The molecule has 6 rings (SSSR count). The molecule has 1 N–H and O–H groups in total. The summed E-state index contributed by atoms with van der Waals surface area (Å²) in [7, 11) is -1.65. The number of hydrogen-bond donors (Lipinski definition) is 1. The predicted octanol–water partition coefficient (Wildman–Crippen LogP) is 5.47. The van der Waals surface area contributed by atoms with Crippen molar-refractivity contribution in [3.8, 4) is 0 Å². The molecule has 0 aromatic heterocycles. The molecule has 4 saturated carbocycles. The summed E-state index contributed by atoms with van der Waals surface area (Å²) in [4.78, 5) is 64.1. The number of rotatable bonds is 14. The van der Waals surface area contributed by atoms with Crippen LogP contribution >= 0.6 is 0 Å². The molecule has 4 aliphatic carbocycles. The first kappa shape index (κ1) is 40.6.